The van der Waals surface area contributed by atoms with E-state index in [4.69, 9.17) is 0 Å². The minimum absolute atomic E-state index is 0.722. The van der Waals surface area contributed by atoms with Gasteiger partial charge in [-0.15, -0.1) is 0 Å². The SMILES string of the molecule is O=CCCN1CC2CCCC2C1. The third-order valence-electron chi connectivity index (χ3n) is 3.37. The Bertz CT molecular complexity index is 157. The Balaban J connectivity index is 1.78. The van der Waals surface area contributed by atoms with Gasteiger partial charge in [-0.1, -0.05) is 6.42 Å². The van der Waals surface area contributed by atoms with Gasteiger partial charge in [0.1, 0.15) is 6.29 Å². The van der Waals surface area contributed by atoms with Crippen molar-refractivity contribution in [2.24, 2.45) is 11.8 Å². The number of carbonyl (C=O) groups excluding carboxylic acids is 1. The molecule has 0 aromatic rings. The molecular weight excluding hydrogens is 150 g/mol. The van der Waals surface area contributed by atoms with Crippen molar-refractivity contribution < 1.29 is 4.79 Å². The van der Waals surface area contributed by atoms with Crippen LogP contribution in [0.5, 0.6) is 0 Å². The van der Waals surface area contributed by atoms with Crippen molar-refractivity contribution in [1.82, 2.24) is 4.90 Å². The smallest absolute Gasteiger partial charge is 0.121 e. The molecule has 0 bridgehead atoms. The van der Waals surface area contributed by atoms with Crippen LogP contribution in [0.25, 0.3) is 0 Å². The topological polar surface area (TPSA) is 20.3 Å². The van der Waals surface area contributed by atoms with Gasteiger partial charge in [0.25, 0.3) is 0 Å². The summed E-state index contributed by atoms with van der Waals surface area (Å²) >= 11 is 0. The van der Waals surface area contributed by atoms with Crippen molar-refractivity contribution in [3.8, 4) is 0 Å². The van der Waals surface area contributed by atoms with Crippen molar-refractivity contribution in [2.45, 2.75) is 25.7 Å². The van der Waals surface area contributed by atoms with Crippen LogP contribution < -0.4 is 0 Å². The van der Waals surface area contributed by atoms with Crippen LogP contribution in [0, 0.1) is 11.8 Å². The molecule has 1 aliphatic carbocycles. The quantitative estimate of drug-likeness (QED) is 0.591. The van der Waals surface area contributed by atoms with Gasteiger partial charge in [-0.2, -0.15) is 0 Å². The highest BCUT2D eigenvalue weighted by Gasteiger charge is 2.35. The van der Waals surface area contributed by atoms with Crippen molar-refractivity contribution >= 4 is 6.29 Å². The Hall–Kier alpha value is -0.370. The Morgan fingerprint density at radius 3 is 2.50 bits per heavy atom. The third kappa shape index (κ3) is 1.53. The lowest BCUT2D eigenvalue weighted by molar-refractivity contribution is -0.108. The molecule has 0 N–H and O–H groups in total. The molecule has 2 fully saturated rings. The van der Waals surface area contributed by atoms with E-state index in [9.17, 15) is 4.79 Å². The molecule has 0 radical (unpaired) electrons. The van der Waals surface area contributed by atoms with Crippen molar-refractivity contribution in [3.05, 3.63) is 0 Å². The van der Waals surface area contributed by atoms with Crippen LogP contribution in [0.2, 0.25) is 0 Å². The molecule has 2 rings (SSSR count). The molecule has 0 amide bonds. The van der Waals surface area contributed by atoms with Crippen LogP contribution >= 0.6 is 0 Å². The summed E-state index contributed by atoms with van der Waals surface area (Å²) in [5, 5.41) is 0. The second-order valence-corrected chi connectivity index (χ2v) is 4.17. The summed E-state index contributed by atoms with van der Waals surface area (Å²) in [5.41, 5.74) is 0. The van der Waals surface area contributed by atoms with Crippen LogP contribution in [-0.2, 0) is 4.79 Å². The highest BCUT2D eigenvalue weighted by molar-refractivity contribution is 5.49. The maximum atomic E-state index is 10.2. The standard InChI is InChI=1S/C10H17NO/c12-6-2-5-11-7-9-3-1-4-10(9)8-11/h6,9-10H,1-5,7-8H2. The molecule has 0 spiro atoms. The molecule has 12 heavy (non-hydrogen) atoms. The summed E-state index contributed by atoms with van der Waals surface area (Å²) in [4.78, 5) is 12.6. The average Bonchev–Trinajstić information content (AvgIpc) is 2.58. The van der Waals surface area contributed by atoms with E-state index < -0.39 is 0 Å². The normalized spacial score (nSPS) is 35.3. The summed E-state index contributed by atoms with van der Waals surface area (Å²) in [7, 11) is 0. The molecule has 0 aromatic heterocycles. The monoisotopic (exact) mass is 167 g/mol. The fourth-order valence-corrected chi connectivity index (χ4v) is 2.75. The van der Waals surface area contributed by atoms with Gasteiger partial charge in [0.2, 0.25) is 0 Å². The fourth-order valence-electron chi connectivity index (χ4n) is 2.75. The van der Waals surface area contributed by atoms with Gasteiger partial charge in [0.15, 0.2) is 0 Å². The number of nitrogens with zero attached hydrogens (tertiary/aromatic N) is 1. The minimum Gasteiger partial charge on any atom is -0.303 e. The zero-order chi connectivity index (χ0) is 8.39. The summed E-state index contributed by atoms with van der Waals surface area (Å²) in [6.45, 7) is 3.52. The molecule has 1 saturated heterocycles. The minimum atomic E-state index is 0.722. The Morgan fingerprint density at radius 1 is 1.25 bits per heavy atom. The predicted octanol–water partition coefficient (Wildman–Crippen LogP) is 1.31. The van der Waals surface area contributed by atoms with Gasteiger partial charge in [0.05, 0.1) is 0 Å². The van der Waals surface area contributed by atoms with E-state index in [2.05, 4.69) is 4.90 Å². The molecule has 1 saturated carbocycles. The molecule has 1 heterocycles. The lowest BCUT2D eigenvalue weighted by Gasteiger charge is -2.14. The van der Waals surface area contributed by atoms with E-state index in [-0.39, 0.29) is 0 Å². The van der Waals surface area contributed by atoms with E-state index >= 15 is 0 Å². The fraction of sp³-hybridized carbons (Fsp3) is 0.900. The van der Waals surface area contributed by atoms with Gasteiger partial charge in [-0.05, 0) is 24.7 Å². The number of carbonyl (C=O) groups is 1. The lowest BCUT2D eigenvalue weighted by atomic mass is 10.0. The van der Waals surface area contributed by atoms with E-state index in [1.165, 1.54) is 32.4 Å². The maximum Gasteiger partial charge on any atom is 0.121 e. The molecule has 1 aliphatic heterocycles. The number of rotatable bonds is 3. The largest absolute Gasteiger partial charge is 0.303 e. The first kappa shape index (κ1) is 8.24. The van der Waals surface area contributed by atoms with E-state index in [0.29, 0.717) is 0 Å². The van der Waals surface area contributed by atoms with Gasteiger partial charge in [-0.25, -0.2) is 0 Å². The predicted molar refractivity (Wildman–Crippen MR) is 48.0 cm³/mol. The third-order valence-corrected chi connectivity index (χ3v) is 3.37. The maximum absolute atomic E-state index is 10.2. The number of aldehydes is 1. The summed E-state index contributed by atoms with van der Waals surface area (Å²) in [5.74, 6) is 1.94. The number of hydrogen-bond donors (Lipinski definition) is 0. The van der Waals surface area contributed by atoms with E-state index in [1.54, 1.807) is 0 Å². The van der Waals surface area contributed by atoms with E-state index in [1.807, 2.05) is 0 Å². The summed E-state index contributed by atoms with van der Waals surface area (Å²) in [6.07, 6.45) is 6.06. The second-order valence-electron chi connectivity index (χ2n) is 4.17. The van der Waals surface area contributed by atoms with Crippen LogP contribution in [-0.4, -0.2) is 30.8 Å². The van der Waals surface area contributed by atoms with Gasteiger partial charge < -0.3 is 9.69 Å². The molecule has 2 nitrogen and oxygen atoms in total. The average molecular weight is 167 g/mol. The van der Waals surface area contributed by atoms with Gasteiger partial charge in [-0.3, -0.25) is 0 Å². The van der Waals surface area contributed by atoms with Crippen LogP contribution in [0.15, 0.2) is 0 Å². The van der Waals surface area contributed by atoms with E-state index in [0.717, 1.165) is 31.1 Å². The number of hydrogen-bond acceptors (Lipinski definition) is 2. The first-order chi connectivity index (χ1) is 5.90. The molecule has 0 aromatic carbocycles. The van der Waals surface area contributed by atoms with Crippen molar-refractivity contribution in [2.75, 3.05) is 19.6 Å². The highest BCUT2D eigenvalue weighted by Crippen LogP contribution is 2.37. The Labute approximate surface area is 73.9 Å². The number of likely N-dealkylation sites (tertiary alicyclic amines) is 1. The molecule has 68 valence electrons. The zero-order valence-electron chi connectivity index (χ0n) is 7.54. The second kappa shape index (κ2) is 3.56. The summed E-state index contributed by atoms with van der Waals surface area (Å²) < 4.78 is 0. The molecule has 2 unspecified atom stereocenters. The zero-order valence-corrected chi connectivity index (χ0v) is 7.54. The van der Waals surface area contributed by atoms with Crippen molar-refractivity contribution in [1.29, 1.82) is 0 Å². The van der Waals surface area contributed by atoms with Crippen molar-refractivity contribution in [3.63, 3.8) is 0 Å². The molecular formula is C10H17NO. The van der Waals surface area contributed by atoms with Gasteiger partial charge in [0, 0.05) is 26.1 Å². The first-order valence-corrected chi connectivity index (χ1v) is 5.06. The lowest BCUT2D eigenvalue weighted by Crippen LogP contribution is -2.23. The highest BCUT2D eigenvalue weighted by atomic mass is 16.1. The van der Waals surface area contributed by atoms with Crippen LogP contribution in [0.4, 0.5) is 0 Å². The Morgan fingerprint density at radius 2 is 1.92 bits per heavy atom. The Kier molecular flexibility index (Phi) is 2.45. The molecule has 2 aliphatic rings. The summed E-state index contributed by atoms with van der Waals surface area (Å²) in [6, 6.07) is 0. The molecule has 2 atom stereocenters. The van der Waals surface area contributed by atoms with Crippen LogP contribution in [0.3, 0.4) is 0 Å². The molecule has 2 heteroatoms. The van der Waals surface area contributed by atoms with Gasteiger partial charge >= 0.3 is 0 Å². The number of fused-ring (bicyclic) bond motifs is 1. The first-order valence-electron chi connectivity index (χ1n) is 5.06. The van der Waals surface area contributed by atoms with Crippen LogP contribution in [0.1, 0.15) is 25.7 Å².